The molecular weight excluding hydrogens is 731 g/mol. The van der Waals surface area contributed by atoms with Gasteiger partial charge in [-0.3, -0.25) is 27.9 Å². The second kappa shape index (κ2) is 17.5. The van der Waals surface area contributed by atoms with Crippen LogP contribution < -0.4 is 11.2 Å². The topological polar surface area (TPSA) is 162 Å². The fourth-order valence-corrected chi connectivity index (χ4v) is 13.0. The summed E-state index contributed by atoms with van der Waals surface area (Å²) in [7, 11) is -4.17. The minimum Gasteiger partial charge on any atom is -0.352 e. The van der Waals surface area contributed by atoms with Crippen LogP contribution in [-0.2, 0) is 22.9 Å². The number of fused-ring (bicyclic) bond motifs is 5. The molecule has 13 nitrogen and oxygen atoms in total. The van der Waals surface area contributed by atoms with Crippen molar-refractivity contribution in [2.45, 2.75) is 137 Å². The Kier molecular flexibility index (Phi) is 13.3. The maximum atomic E-state index is 14.3. The monoisotopic (exact) mass is 795 g/mol. The van der Waals surface area contributed by atoms with E-state index in [9.17, 15) is 19.7 Å². The Hall–Kier alpha value is -2.97. The van der Waals surface area contributed by atoms with Crippen LogP contribution in [0.2, 0.25) is 0 Å². The molecule has 308 valence electrons. The third kappa shape index (κ3) is 8.58. The van der Waals surface area contributed by atoms with E-state index in [1.807, 2.05) is 0 Å². The first-order valence-electron chi connectivity index (χ1n) is 21.0. The van der Waals surface area contributed by atoms with Gasteiger partial charge in [0.05, 0.1) is 24.9 Å². The SMILES string of the molecule is C#[N+]CCOP(=O)(OCC1OC(n2cc(C)c(=O)[nH]c2=O)CC1N=[N+]=[N-])O[C@H]1CC[C@@]2(C)C(=CC[C@H]3[C@@H]4CC[C@H](C(C)/C=C/C(CC)C(C)C)[C@@]4(C)CC[C@@H]32)C1. The van der Waals surface area contributed by atoms with Crippen LogP contribution >= 0.6 is 7.82 Å². The summed E-state index contributed by atoms with van der Waals surface area (Å²) in [4.78, 5) is 33.3. The molecule has 5 aliphatic rings. The predicted molar refractivity (Wildman–Crippen MR) is 217 cm³/mol. The lowest BCUT2D eigenvalue weighted by Gasteiger charge is -2.58. The number of rotatable bonds is 15. The van der Waals surface area contributed by atoms with Crippen molar-refractivity contribution in [2.75, 3.05) is 19.8 Å². The second-order valence-corrected chi connectivity index (χ2v) is 19.7. The number of aryl methyl sites for hydroxylation is 1. The minimum atomic E-state index is -4.17. The average Bonchev–Trinajstić information content (AvgIpc) is 3.73. The summed E-state index contributed by atoms with van der Waals surface area (Å²) < 4.78 is 39.6. The van der Waals surface area contributed by atoms with Crippen LogP contribution in [0.1, 0.15) is 118 Å². The molecule has 4 aliphatic carbocycles. The van der Waals surface area contributed by atoms with Gasteiger partial charge in [-0.15, -0.1) is 0 Å². The highest BCUT2D eigenvalue weighted by Gasteiger charge is 2.59. The molecule has 0 amide bonds. The predicted octanol–water partition coefficient (Wildman–Crippen LogP) is 9.75. The molecule has 14 heteroatoms. The van der Waals surface area contributed by atoms with Crippen LogP contribution in [0, 0.1) is 65.8 Å². The number of allylic oxidation sites excluding steroid dienone is 3. The molecule has 4 fully saturated rings. The van der Waals surface area contributed by atoms with E-state index < -0.39 is 37.4 Å². The van der Waals surface area contributed by atoms with Gasteiger partial charge in [-0.25, -0.2) is 9.36 Å². The standard InChI is InChI=1S/C42H63N6O7P/c1-9-29(26(2)3)11-10-27(4)33-14-15-34-32-13-12-30-22-31(16-18-41(30,6)35(32)17-19-42(33,34)7)55-56(51,52-21-20-44-8)53-25-37-36(46-47-43)23-38(54-37)48-24-28(5)39(49)45-40(48)50/h8,10-12,24,26-27,29,31-38H,9,13-23,25H2,1-7H3/p+1/b11-10+/t27?,29?,31-,32-,33+,34-,35-,36?,37?,38?,41-,42+,56?/m0/s1. The number of aromatic nitrogens is 2. The van der Waals surface area contributed by atoms with E-state index in [1.165, 1.54) is 48.4 Å². The molecule has 0 aromatic carbocycles. The van der Waals surface area contributed by atoms with Crippen molar-refractivity contribution in [1.29, 1.82) is 0 Å². The lowest BCUT2D eigenvalue weighted by Crippen LogP contribution is -2.50. The Labute approximate surface area is 332 Å². The van der Waals surface area contributed by atoms with Crippen LogP contribution in [0.4, 0.5) is 0 Å². The van der Waals surface area contributed by atoms with Gasteiger partial charge < -0.3 is 4.74 Å². The Morgan fingerprint density at radius 2 is 1.93 bits per heavy atom. The van der Waals surface area contributed by atoms with Crippen LogP contribution in [0.3, 0.4) is 0 Å². The number of H-pyrrole nitrogens is 1. The van der Waals surface area contributed by atoms with E-state index in [2.05, 4.69) is 79.6 Å². The number of nitrogens with zero attached hydrogens (tertiary/aromatic N) is 5. The molecule has 2 heterocycles. The van der Waals surface area contributed by atoms with Crippen LogP contribution in [-0.4, -0.2) is 47.6 Å². The number of aromatic amines is 1. The molecule has 56 heavy (non-hydrogen) atoms. The molecule has 13 atom stereocenters. The zero-order valence-corrected chi connectivity index (χ0v) is 35.4. The van der Waals surface area contributed by atoms with Crippen LogP contribution in [0.15, 0.2) is 44.7 Å². The fourth-order valence-electron chi connectivity index (χ4n) is 11.6. The summed E-state index contributed by atoms with van der Waals surface area (Å²) in [6, 6.07) is -0.738. The first kappa shape index (κ1) is 42.6. The average molecular weight is 796 g/mol. The molecule has 1 N–H and O–H groups in total. The van der Waals surface area contributed by atoms with E-state index in [1.54, 1.807) is 6.92 Å². The molecule has 0 spiro atoms. The highest BCUT2D eigenvalue weighted by molar-refractivity contribution is 7.48. The number of ether oxygens (including phenoxy) is 1. The van der Waals surface area contributed by atoms with Gasteiger partial charge in [0.15, 0.2) is 0 Å². The zero-order valence-electron chi connectivity index (χ0n) is 34.5. The first-order valence-corrected chi connectivity index (χ1v) is 22.5. The summed E-state index contributed by atoms with van der Waals surface area (Å²) >= 11 is 0. The number of phosphoric ester groups is 1. The third-order valence-corrected chi connectivity index (χ3v) is 16.3. The normalized spacial score (nSPS) is 36.1. The molecule has 1 aromatic rings. The van der Waals surface area contributed by atoms with E-state index in [0.717, 1.165) is 24.7 Å². The Morgan fingerprint density at radius 1 is 1.14 bits per heavy atom. The van der Waals surface area contributed by atoms with Crippen molar-refractivity contribution in [3.05, 3.63) is 71.7 Å². The van der Waals surface area contributed by atoms with Gasteiger partial charge in [-0.2, -0.15) is 0 Å². The number of hydrogen-bond acceptors (Lipinski definition) is 8. The Bertz CT molecular complexity index is 1900. The largest absolute Gasteiger partial charge is 0.475 e. The van der Waals surface area contributed by atoms with Crippen molar-refractivity contribution < 1.29 is 22.9 Å². The highest BCUT2D eigenvalue weighted by atomic mass is 31.2. The van der Waals surface area contributed by atoms with Crippen molar-refractivity contribution in [2.24, 2.45) is 57.4 Å². The van der Waals surface area contributed by atoms with Crippen molar-refractivity contribution in [3.63, 3.8) is 0 Å². The summed E-state index contributed by atoms with van der Waals surface area (Å²) in [5.41, 5.74) is 10.3. The Morgan fingerprint density at radius 3 is 2.64 bits per heavy atom. The number of nitrogens with one attached hydrogen (secondary N) is 1. The van der Waals surface area contributed by atoms with Gasteiger partial charge in [0.1, 0.15) is 12.8 Å². The third-order valence-electron chi connectivity index (χ3n) is 14.8. The molecule has 0 radical (unpaired) electrons. The fraction of sp³-hybridized carbons (Fsp3) is 0.786. The number of hydrogen-bond donors (Lipinski definition) is 1. The van der Waals surface area contributed by atoms with Crippen molar-refractivity contribution in [3.8, 4) is 6.57 Å². The lowest BCUT2D eigenvalue weighted by molar-refractivity contribution is -0.0567. The molecule has 1 saturated heterocycles. The Balaban J connectivity index is 1.12. The van der Waals surface area contributed by atoms with Gasteiger partial charge in [0.25, 0.3) is 18.7 Å². The molecule has 6 unspecified atom stereocenters. The van der Waals surface area contributed by atoms with Gasteiger partial charge >= 0.3 is 13.5 Å². The zero-order chi connectivity index (χ0) is 40.4. The smallest absolute Gasteiger partial charge is 0.352 e. The highest BCUT2D eigenvalue weighted by Crippen LogP contribution is 2.68. The van der Waals surface area contributed by atoms with Crippen LogP contribution in [0.25, 0.3) is 15.3 Å². The maximum Gasteiger partial charge on any atom is 0.475 e. The summed E-state index contributed by atoms with van der Waals surface area (Å²) in [6.07, 6.45) is 16.7. The van der Waals surface area contributed by atoms with E-state index in [4.69, 9.17) is 24.9 Å². The summed E-state index contributed by atoms with van der Waals surface area (Å²) in [6.45, 7) is 21.2. The van der Waals surface area contributed by atoms with Gasteiger partial charge in [0.2, 0.25) is 0 Å². The van der Waals surface area contributed by atoms with Gasteiger partial charge in [0, 0.05) is 23.1 Å². The molecule has 1 aliphatic heterocycles. The number of phosphoric acid groups is 1. The molecule has 6 rings (SSSR count). The summed E-state index contributed by atoms with van der Waals surface area (Å²) in [5, 5.41) is 3.86. The van der Waals surface area contributed by atoms with Gasteiger partial charge in [-0.1, -0.05) is 75.3 Å². The molecule has 1 aromatic heterocycles. The maximum absolute atomic E-state index is 14.3. The summed E-state index contributed by atoms with van der Waals surface area (Å²) in [5.74, 6) is 4.64. The van der Waals surface area contributed by atoms with Crippen LogP contribution in [0.5, 0.6) is 0 Å². The second-order valence-electron chi connectivity index (χ2n) is 18.1. The lowest BCUT2D eigenvalue weighted by atomic mass is 9.47. The minimum absolute atomic E-state index is 0.0663. The molecular formula is C42H64N6O7P+. The quantitative estimate of drug-likeness (QED) is 0.0461. The molecule has 3 saturated carbocycles. The van der Waals surface area contributed by atoms with Gasteiger partial charge in [-0.05, 0) is 122 Å². The van der Waals surface area contributed by atoms with Crippen molar-refractivity contribution >= 4 is 7.82 Å². The van der Waals surface area contributed by atoms with E-state index in [-0.39, 0.29) is 37.7 Å². The number of azide groups is 1. The van der Waals surface area contributed by atoms with E-state index in [0.29, 0.717) is 53.4 Å². The molecule has 0 bridgehead atoms. The van der Waals surface area contributed by atoms with Crippen molar-refractivity contribution in [1.82, 2.24) is 9.55 Å². The first-order chi connectivity index (χ1) is 26.7. The van der Waals surface area contributed by atoms with E-state index >= 15 is 0 Å².